The summed E-state index contributed by atoms with van der Waals surface area (Å²) in [5, 5.41) is 3.30. The molecular weight excluding hydrogens is 212 g/mol. The Morgan fingerprint density at radius 2 is 2.12 bits per heavy atom. The minimum absolute atomic E-state index is 0.154. The van der Waals surface area contributed by atoms with Gasteiger partial charge in [0.2, 0.25) is 0 Å². The number of carbonyl (C=O) groups excluding carboxylic acids is 1. The minimum atomic E-state index is 0.154. The highest BCUT2D eigenvalue weighted by atomic mass is 16.2. The molecule has 0 bridgehead atoms. The van der Waals surface area contributed by atoms with Crippen LogP contribution in [0.4, 0.5) is 0 Å². The van der Waals surface area contributed by atoms with Crippen LogP contribution >= 0.6 is 0 Å². The first-order chi connectivity index (χ1) is 8.22. The highest BCUT2D eigenvalue weighted by molar-refractivity contribution is 5.94. The van der Waals surface area contributed by atoms with E-state index in [1.54, 1.807) is 0 Å². The van der Waals surface area contributed by atoms with Gasteiger partial charge in [-0.15, -0.1) is 0 Å². The van der Waals surface area contributed by atoms with Crippen LogP contribution in [0, 0.1) is 0 Å². The first kappa shape index (κ1) is 12.1. The van der Waals surface area contributed by atoms with Gasteiger partial charge in [-0.3, -0.25) is 4.79 Å². The molecule has 1 fully saturated rings. The number of piperazine rings is 1. The molecule has 0 saturated carbocycles. The van der Waals surface area contributed by atoms with Crippen molar-refractivity contribution in [3.05, 3.63) is 35.4 Å². The average molecular weight is 232 g/mol. The Morgan fingerprint density at radius 3 is 2.71 bits per heavy atom. The summed E-state index contributed by atoms with van der Waals surface area (Å²) < 4.78 is 0. The zero-order valence-corrected chi connectivity index (χ0v) is 10.6. The molecule has 1 atom stereocenters. The Bertz CT molecular complexity index is 386. The van der Waals surface area contributed by atoms with Crippen molar-refractivity contribution in [2.75, 3.05) is 19.6 Å². The van der Waals surface area contributed by atoms with Crippen molar-refractivity contribution >= 4 is 5.91 Å². The minimum Gasteiger partial charge on any atom is -0.333 e. The second-order valence-electron chi connectivity index (χ2n) is 4.60. The van der Waals surface area contributed by atoms with Gasteiger partial charge in [0.15, 0.2) is 0 Å². The fraction of sp³-hybridized carbons (Fsp3) is 0.500. The number of benzene rings is 1. The summed E-state index contributed by atoms with van der Waals surface area (Å²) in [5.41, 5.74) is 2.07. The summed E-state index contributed by atoms with van der Waals surface area (Å²) in [6.45, 7) is 6.79. The molecule has 1 aromatic carbocycles. The van der Waals surface area contributed by atoms with E-state index >= 15 is 0 Å². The van der Waals surface area contributed by atoms with Gasteiger partial charge in [0.1, 0.15) is 0 Å². The third-order valence-corrected chi connectivity index (χ3v) is 3.37. The van der Waals surface area contributed by atoms with Crippen molar-refractivity contribution in [2.45, 2.75) is 26.3 Å². The van der Waals surface area contributed by atoms with E-state index in [1.807, 2.05) is 29.2 Å². The molecule has 0 aromatic heterocycles. The quantitative estimate of drug-likeness (QED) is 0.841. The lowest BCUT2D eigenvalue weighted by Crippen LogP contribution is -2.52. The zero-order chi connectivity index (χ0) is 12.3. The molecule has 17 heavy (non-hydrogen) atoms. The third kappa shape index (κ3) is 2.67. The molecule has 92 valence electrons. The van der Waals surface area contributed by atoms with Gasteiger partial charge >= 0.3 is 0 Å². The van der Waals surface area contributed by atoms with Gasteiger partial charge in [0.05, 0.1) is 0 Å². The summed E-state index contributed by atoms with van der Waals surface area (Å²) in [6, 6.07) is 8.24. The predicted molar refractivity (Wildman–Crippen MR) is 69.2 cm³/mol. The van der Waals surface area contributed by atoms with E-state index in [4.69, 9.17) is 0 Å². The first-order valence-electron chi connectivity index (χ1n) is 6.33. The summed E-state index contributed by atoms with van der Waals surface area (Å²) in [5.74, 6) is 0.154. The Hall–Kier alpha value is -1.35. The molecule has 1 unspecified atom stereocenters. The van der Waals surface area contributed by atoms with E-state index in [0.717, 1.165) is 31.6 Å². The monoisotopic (exact) mass is 232 g/mol. The predicted octanol–water partition coefficient (Wildman–Crippen LogP) is 1.68. The van der Waals surface area contributed by atoms with Crippen LogP contribution in [0.5, 0.6) is 0 Å². The molecule has 1 aliphatic heterocycles. The van der Waals surface area contributed by atoms with Crippen LogP contribution in [0.2, 0.25) is 0 Å². The van der Waals surface area contributed by atoms with Crippen molar-refractivity contribution in [1.82, 2.24) is 10.2 Å². The maximum atomic E-state index is 12.3. The van der Waals surface area contributed by atoms with Crippen LogP contribution in [0.1, 0.15) is 29.8 Å². The smallest absolute Gasteiger partial charge is 0.254 e. The van der Waals surface area contributed by atoms with Crippen molar-refractivity contribution in [2.24, 2.45) is 0 Å². The van der Waals surface area contributed by atoms with Crippen molar-refractivity contribution in [3.8, 4) is 0 Å². The molecule has 1 aromatic rings. The van der Waals surface area contributed by atoms with E-state index in [0.29, 0.717) is 0 Å². The summed E-state index contributed by atoms with van der Waals surface area (Å²) >= 11 is 0. The molecule has 3 nitrogen and oxygen atoms in total. The Labute approximate surface area is 103 Å². The number of amides is 1. The van der Waals surface area contributed by atoms with Gasteiger partial charge in [-0.25, -0.2) is 0 Å². The lowest BCUT2D eigenvalue weighted by atomic mass is 10.1. The second-order valence-corrected chi connectivity index (χ2v) is 4.60. The standard InChI is InChI=1S/C14H20N2O/c1-3-12-4-6-13(7-5-12)14(17)16-9-8-15-10-11(16)2/h4-7,11,15H,3,8-10H2,1-2H3. The van der Waals surface area contributed by atoms with Gasteiger partial charge in [-0.2, -0.15) is 0 Å². The molecule has 1 heterocycles. The molecule has 1 aliphatic rings. The van der Waals surface area contributed by atoms with Gasteiger partial charge < -0.3 is 10.2 Å². The van der Waals surface area contributed by atoms with E-state index in [2.05, 4.69) is 19.2 Å². The van der Waals surface area contributed by atoms with Crippen molar-refractivity contribution in [1.29, 1.82) is 0 Å². The molecule has 2 rings (SSSR count). The third-order valence-electron chi connectivity index (χ3n) is 3.37. The van der Waals surface area contributed by atoms with Gasteiger partial charge in [0.25, 0.3) is 5.91 Å². The number of hydrogen-bond acceptors (Lipinski definition) is 2. The number of rotatable bonds is 2. The van der Waals surface area contributed by atoms with Crippen molar-refractivity contribution in [3.63, 3.8) is 0 Å². The van der Waals surface area contributed by atoms with E-state index in [1.165, 1.54) is 5.56 Å². The number of carbonyl (C=O) groups is 1. The molecule has 0 radical (unpaired) electrons. The number of aryl methyl sites for hydroxylation is 1. The lowest BCUT2D eigenvalue weighted by molar-refractivity contribution is 0.0656. The highest BCUT2D eigenvalue weighted by Crippen LogP contribution is 2.11. The SMILES string of the molecule is CCc1ccc(C(=O)N2CCNCC2C)cc1. The van der Waals surface area contributed by atoms with E-state index in [9.17, 15) is 4.79 Å². The second kappa shape index (κ2) is 5.32. The Morgan fingerprint density at radius 1 is 1.41 bits per heavy atom. The van der Waals surface area contributed by atoms with E-state index in [-0.39, 0.29) is 11.9 Å². The summed E-state index contributed by atoms with van der Waals surface area (Å²) in [6.07, 6.45) is 1.01. The van der Waals surface area contributed by atoms with Crippen LogP contribution in [0.25, 0.3) is 0 Å². The molecular formula is C14H20N2O. The first-order valence-corrected chi connectivity index (χ1v) is 6.33. The van der Waals surface area contributed by atoms with Gasteiger partial charge in [-0.05, 0) is 31.0 Å². The molecule has 0 aliphatic carbocycles. The molecule has 3 heteroatoms. The number of nitrogens with one attached hydrogen (secondary N) is 1. The van der Waals surface area contributed by atoms with Crippen molar-refractivity contribution < 1.29 is 4.79 Å². The van der Waals surface area contributed by atoms with Gasteiger partial charge in [-0.1, -0.05) is 19.1 Å². The van der Waals surface area contributed by atoms with E-state index < -0.39 is 0 Å². The fourth-order valence-electron chi connectivity index (χ4n) is 2.19. The van der Waals surface area contributed by atoms with Crippen LogP contribution in [0.3, 0.4) is 0 Å². The summed E-state index contributed by atoms with van der Waals surface area (Å²) in [4.78, 5) is 14.3. The molecule has 1 saturated heterocycles. The number of hydrogen-bond donors (Lipinski definition) is 1. The average Bonchev–Trinajstić information content (AvgIpc) is 2.39. The summed E-state index contributed by atoms with van der Waals surface area (Å²) in [7, 11) is 0. The molecule has 0 spiro atoms. The topological polar surface area (TPSA) is 32.3 Å². The molecule has 1 N–H and O–H groups in total. The Kier molecular flexibility index (Phi) is 3.79. The molecule has 1 amide bonds. The van der Waals surface area contributed by atoms with Crippen LogP contribution in [-0.4, -0.2) is 36.5 Å². The maximum absolute atomic E-state index is 12.3. The largest absolute Gasteiger partial charge is 0.333 e. The normalized spacial score (nSPS) is 20.4. The lowest BCUT2D eigenvalue weighted by Gasteiger charge is -2.34. The fourth-order valence-corrected chi connectivity index (χ4v) is 2.19. The number of nitrogens with zero attached hydrogens (tertiary/aromatic N) is 1. The van der Waals surface area contributed by atoms with Gasteiger partial charge in [0, 0.05) is 31.2 Å². The van der Waals surface area contributed by atoms with Crippen LogP contribution in [0.15, 0.2) is 24.3 Å². The van der Waals surface area contributed by atoms with Crippen LogP contribution < -0.4 is 5.32 Å². The maximum Gasteiger partial charge on any atom is 0.254 e. The Balaban J connectivity index is 2.12. The highest BCUT2D eigenvalue weighted by Gasteiger charge is 2.23. The zero-order valence-electron chi connectivity index (χ0n) is 10.6. The van der Waals surface area contributed by atoms with Crippen LogP contribution in [-0.2, 0) is 6.42 Å².